The molecule has 1 aromatic rings. The van der Waals surface area contributed by atoms with Gasteiger partial charge in [0.15, 0.2) is 0 Å². The number of benzene rings is 1. The number of halogens is 1. The number of carbonyl (C=O) groups is 1. The van der Waals surface area contributed by atoms with Gasteiger partial charge in [-0.15, -0.1) is 0 Å². The molecule has 1 rings (SSSR count). The van der Waals surface area contributed by atoms with E-state index in [1.165, 1.54) is 7.05 Å². The number of carboxylic acid groups (broad SMARTS) is 1. The molecule has 1 aromatic carbocycles. The average Bonchev–Trinajstić information content (AvgIpc) is 2.34. The van der Waals surface area contributed by atoms with Gasteiger partial charge in [0.25, 0.3) is 0 Å². The predicted octanol–water partition coefficient (Wildman–Crippen LogP) is 3.35. The van der Waals surface area contributed by atoms with Crippen molar-refractivity contribution in [1.29, 1.82) is 0 Å². The lowest BCUT2D eigenvalue weighted by Crippen LogP contribution is -2.23. The summed E-state index contributed by atoms with van der Waals surface area (Å²) in [5, 5.41) is 9.78. The van der Waals surface area contributed by atoms with Crippen LogP contribution in [0.1, 0.15) is 12.8 Å². The maximum atomic E-state index is 10.7. The Morgan fingerprint density at radius 3 is 2.53 bits per heavy atom. The van der Waals surface area contributed by atoms with Gasteiger partial charge in [0, 0.05) is 18.1 Å². The van der Waals surface area contributed by atoms with E-state index in [2.05, 4.69) is 15.9 Å². The van der Waals surface area contributed by atoms with Crippen molar-refractivity contribution < 1.29 is 14.6 Å². The SMILES string of the molecule is CN(C(=O)O)c1ccc(OCCCCBr)cc1. The molecule has 1 N–H and O–H groups in total. The smallest absolute Gasteiger partial charge is 0.411 e. The molecule has 0 bridgehead atoms. The highest BCUT2D eigenvalue weighted by molar-refractivity contribution is 9.09. The third-order valence-corrected chi connectivity index (χ3v) is 2.87. The third-order valence-electron chi connectivity index (χ3n) is 2.31. The maximum Gasteiger partial charge on any atom is 0.411 e. The summed E-state index contributed by atoms with van der Waals surface area (Å²) >= 11 is 3.36. The molecule has 0 atom stereocenters. The predicted molar refractivity (Wildman–Crippen MR) is 71.4 cm³/mol. The van der Waals surface area contributed by atoms with E-state index in [1.54, 1.807) is 24.3 Å². The molecule has 5 heteroatoms. The largest absolute Gasteiger partial charge is 0.494 e. The average molecular weight is 302 g/mol. The number of amides is 1. The molecular formula is C12H16BrNO3. The van der Waals surface area contributed by atoms with Crippen LogP contribution in [0.3, 0.4) is 0 Å². The first-order valence-electron chi connectivity index (χ1n) is 5.40. The minimum Gasteiger partial charge on any atom is -0.494 e. The highest BCUT2D eigenvalue weighted by Crippen LogP contribution is 2.18. The lowest BCUT2D eigenvalue weighted by molar-refractivity contribution is 0.203. The molecule has 17 heavy (non-hydrogen) atoms. The van der Waals surface area contributed by atoms with Crippen LogP contribution in [0.2, 0.25) is 0 Å². The van der Waals surface area contributed by atoms with Gasteiger partial charge in [-0.3, -0.25) is 4.90 Å². The van der Waals surface area contributed by atoms with E-state index in [1.807, 2.05) is 0 Å². The Bertz CT molecular complexity index is 353. The lowest BCUT2D eigenvalue weighted by atomic mass is 10.3. The van der Waals surface area contributed by atoms with Crippen molar-refractivity contribution >= 4 is 27.7 Å². The molecule has 0 aliphatic carbocycles. The summed E-state index contributed by atoms with van der Waals surface area (Å²) in [6.45, 7) is 0.680. The second-order valence-electron chi connectivity index (χ2n) is 3.58. The van der Waals surface area contributed by atoms with Crippen LogP contribution in [0.15, 0.2) is 24.3 Å². The zero-order valence-corrected chi connectivity index (χ0v) is 11.3. The number of unbranched alkanes of at least 4 members (excludes halogenated alkanes) is 1. The van der Waals surface area contributed by atoms with Crippen LogP contribution < -0.4 is 9.64 Å². The van der Waals surface area contributed by atoms with Crippen LogP contribution in [0.5, 0.6) is 5.75 Å². The van der Waals surface area contributed by atoms with Crippen molar-refractivity contribution in [2.75, 3.05) is 23.9 Å². The fraction of sp³-hybridized carbons (Fsp3) is 0.417. The van der Waals surface area contributed by atoms with Gasteiger partial charge < -0.3 is 9.84 Å². The number of alkyl halides is 1. The van der Waals surface area contributed by atoms with E-state index in [0.717, 1.165) is 28.8 Å². The Balaban J connectivity index is 2.47. The first kappa shape index (κ1) is 13.8. The number of anilines is 1. The van der Waals surface area contributed by atoms with Crippen molar-refractivity contribution in [3.63, 3.8) is 0 Å². The fourth-order valence-electron chi connectivity index (χ4n) is 1.26. The summed E-state index contributed by atoms with van der Waals surface area (Å²) < 4.78 is 5.52. The molecule has 1 amide bonds. The zero-order chi connectivity index (χ0) is 12.7. The molecule has 0 radical (unpaired) electrons. The molecular weight excluding hydrogens is 286 g/mol. The van der Waals surface area contributed by atoms with E-state index >= 15 is 0 Å². The first-order chi connectivity index (χ1) is 8.15. The highest BCUT2D eigenvalue weighted by atomic mass is 79.9. The summed E-state index contributed by atoms with van der Waals surface area (Å²) in [5.41, 5.74) is 0.630. The second kappa shape index (κ2) is 7.17. The van der Waals surface area contributed by atoms with Crippen LogP contribution in [0, 0.1) is 0 Å². The minimum absolute atomic E-state index is 0.630. The molecule has 0 aliphatic heterocycles. The number of nitrogens with zero attached hydrogens (tertiary/aromatic N) is 1. The molecule has 0 spiro atoms. The Morgan fingerprint density at radius 1 is 1.35 bits per heavy atom. The van der Waals surface area contributed by atoms with Crippen LogP contribution in [0.25, 0.3) is 0 Å². The number of hydrogen-bond donors (Lipinski definition) is 1. The highest BCUT2D eigenvalue weighted by Gasteiger charge is 2.07. The number of hydrogen-bond acceptors (Lipinski definition) is 2. The molecule has 4 nitrogen and oxygen atoms in total. The van der Waals surface area contributed by atoms with Crippen LogP contribution >= 0.6 is 15.9 Å². The summed E-state index contributed by atoms with van der Waals surface area (Å²) in [5.74, 6) is 0.766. The lowest BCUT2D eigenvalue weighted by Gasteiger charge is -2.13. The fourth-order valence-corrected chi connectivity index (χ4v) is 1.66. The summed E-state index contributed by atoms with van der Waals surface area (Å²) in [7, 11) is 1.51. The van der Waals surface area contributed by atoms with Gasteiger partial charge >= 0.3 is 6.09 Å². The first-order valence-corrected chi connectivity index (χ1v) is 6.53. The summed E-state index contributed by atoms with van der Waals surface area (Å²) in [4.78, 5) is 11.9. The molecule has 0 saturated carbocycles. The van der Waals surface area contributed by atoms with E-state index in [9.17, 15) is 4.79 Å². The van der Waals surface area contributed by atoms with Crippen molar-refractivity contribution in [3.05, 3.63) is 24.3 Å². The second-order valence-corrected chi connectivity index (χ2v) is 4.37. The van der Waals surface area contributed by atoms with Crippen LogP contribution in [0.4, 0.5) is 10.5 Å². The van der Waals surface area contributed by atoms with Gasteiger partial charge in [0.05, 0.1) is 6.61 Å². The van der Waals surface area contributed by atoms with Crippen molar-refractivity contribution in [1.82, 2.24) is 0 Å². The zero-order valence-electron chi connectivity index (χ0n) is 9.73. The molecule has 0 saturated heterocycles. The Hall–Kier alpha value is -1.23. The molecule has 0 fully saturated rings. The summed E-state index contributed by atoms with van der Waals surface area (Å²) in [6.07, 6.45) is 1.11. The Kier molecular flexibility index (Phi) is 5.83. The van der Waals surface area contributed by atoms with Gasteiger partial charge in [0.1, 0.15) is 5.75 Å². The third kappa shape index (κ3) is 4.65. The van der Waals surface area contributed by atoms with Crippen molar-refractivity contribution in [2.24, 2.45) is 0 Å². The van der Waals surface area contributed by atoms with Gasteiger partial charge in [-0.25, -0.2) is 4.79 Å². The van der Waals surface area contributed by atoms with E-state index in [0.29, 0.717) is 12.3 Å². The van der Waals surface area contributed by atoms with Crippen molar-refractivity contribution in [3.8, 4) is 5.75 Å². The van der Waals surface area contributed by atoms with Gasteiger partial charge in [-0.05, 0) is 37.1 Å². The van der Waals surface area contributed by atoms with Crippen LogP contribution in [-0.4, -0.2) is 30.2 Å². The Morgan fingerprint density at radius 2 is 2.00 bits per heavy atom. The van der Waals surface area contributed by atoms with Crippen molar-refractivity contribution in [2.45, 2.75) is 12.8 Å². The topological polar surface area (TPSA) is 49.8 Å². The molecule has 0 unspecified atom stereocenters. The van der Waals surface area contributed by atoms with Crippen LogP contribution in [-0.2, 0) is 0 Å². The van der Waals surface area contributed by atoms with E-state index in [-0.39, 0.29) is 0 Å². The minimum atomic E-state index is -0.976. The summed E-state index contributed by atoms with van der Waals surface area (Å²) in [6, 6.07) is 7.02. The number of ether oxygens (including phenoxy) is 1. The van der Waals surface area contributed by atoms with Gasteiger partial charge in [-0.1, -0.05) is 15.9 Å². The van der Waals surface area contributed by atoms with Gasteiger partial charge in [0.2, 0.25) is 0 Å². The maximum absolute atomic E-state index is 10.7. The van der Waals surface area contributed by atoms with E-state index in [4.69, 9.17) is 9.84 Å². The molecule has 0 heterocycles. The molecule has 0 aromatic heterocycles. The standard InChI is InChI=1S/C12H16BrNO3/c1-14(12(15)16)10-4-6-11(7-5-10)17-9-3-2-8-13/h4-7H,2-3,8-9H2,1H3,(H,15,16). The normalized spacial score (nSPS) is 10.0. The molecule has 94 valence electrons. The van der Waals surface area contributed by atoms with E-state index < -0.39 is 6.09 Å². The monoisotopic (exact) mass is 301 g/mol. The van der Waals surface area contributed by atoms with Gasteiger partial charge in [-0.2, -0.15) is 0 Å². The molecule has 0 aliphatic rings. The Labute approximate surface area is 109 Å². The quantitative estimate of drug-likeness (QED) is 0.647. The number of rotatable bonds is 6.